The summed E-state index contributed by atoms with van der Waals surface area (Å²) in [4.78, 5) is 23.3. The summed E-state index contributed by atoms with van der Waals surface area (Å²) in [6.07, 6.45) is 3.59. The van der Waals surface area contributed by atoms with Crippen molar-refractivity contribution in [1.29, 1.82) is 0 Å². The van der Waals surface area contributed by atoms with Gasteiger partial charge in [-0.05, 0) is 44.9 Å². The fourth-order valence-corrected chi connectivity index (χ4v) is 3.05. The lowest BCUT2D eigenvalue weighted by molar-refractivity contribution is -0.141. The lowest BCUT2D eigenvalue weighted by Crippen LogP contribution is -2.41. The highest BCUT2D eigenvalue weighted by Gasteiger charge is 2.20. The van der Waals surface area contributed by atoms with Gasteiger partial charge in [0.2, 0.25) is 5.91 Å². The van der Waals surface area contributed by atoms with Crippen molar-refractivity contribution in [2.75, 3.05) is 0 Å². The summed E-state index contributed by atoms with van der Waals surface area (Å²) in [6, 6.07) is 5.08. The first-order chi connectivity index (χ1) is 11.2. The molecule has 0 aliphatic carbocycles. The molecule has 7 heteroatoms. The largest absolute Gasteiger partial charge is 0.480 e. The average molecular weight is 353 g/mol. The van der Waals surface area contributed by atoms with Crippen LogP contribution in [0, 0.1) is 0 Å². The van der Waals surface area contributed by atoms with Gasteiger partial charge in [0.25, 0.3) is 0 Å². The molecule has 1 rings (SSSR count). The minimum Gasteiger partial charge on any atom is -0.480 e. The van der Waals surface area contributed by atoms with Gasteiger partial charge in [0.15, 0.2) is 9.84 Å². The van der Waals surface area contributed by atoms with Crippen molar-refractivity contribution in [2.24, 2.45) is 0 Å². The van der Waals surface area contributed by atoms with Crippen molar-refractivity contribution in [3.8, 4) is 0 Å². The molecule has 132 valence electrons. The van der Waals surface area contributed by atoms with Gasteiger partial charge in [-0.2, -0.15) is 0 Å². The van der Waals surface area contributed by atoms with E-state index in [1.807, 2.05) is 0 Å². The number of carbonyl (C=O) groups is 2. The molecule has 0 spiro atoms. The molecule has 0 aromatic heterocycles. The molecule has 0 fully saturated rings. The van der Waals surface area contributed by atoms with E-state index in [1.165, 1.54) is 12.1 Å². The van der Waals surface area contributed by atoms with Crippen LogP contribution in [-0.2, 0) is 25.8 Å². The van der Waals surface area contributed by atoms with E-state index in [4.69, 9.17) is 5.11 Å². The number of carboxylic acid groups (broad SMARTS) is 1. The van der Waals surface area contributed by atoms with Crippen LogP contribution in [0.25, 0.3) is 0 Å². The van der Waals surface area contributed by atoms with Crippen LogP contribution < -0.4 is 5.32 Å². The third-order valence-corrected chi connectivity index (χ3v) is 5.65. The Hall–Kier alpha value is -2.15. The standard InChI is InChI=1S/C17H23NO5S/c1-4-5-6-15(17(20)21)18-16(19)11-13-7-9-14(10-8-13)24(22,23)12(2)3/h4-5,7-10,12,15H,6,11H2,1-3H3,(H,18,19)(H,20,21)/b5-4+. The Morgan fingerprint density at radius 2 is 1.79 bits per heavy atom. The summed E-state index contributed by atoms with van der Waals surface area (Å²) in [5.41, 5.74) is 0.616. The zero-order valence-electron chi connectivity index (χ0n) is 14.0. The van der Waals surface area contributed by atoms with Crippen LogP contribution in [0.15, 0.2) is 41.3 Å². The first-order valence-electron chi connectivity index (χ1n) is 7.64. The van der Waals surface area contributed by atoms with Gasteiger partial charge in [0, 0.05) is 0 Å². The molecule has 0 bridgehead atoms. The van der Waals surface area contributed by atoms with Crippen molar-refractivity contribution in [3.63, 3.8) is 0 Å². The number of carboxylic acids is 1. The Morgan fingerprint density at radius 3 is 2.25 bits per heavy atom. The van der Waals surface area contributed by atoms with Gasteiger partial charge >= 0.3 is 5.97 Å². The van der Waals surface area contributed by atoms with E-state index in [1.54, 1.807) is 45.1 Å². The van der Waals surface area contributed by atoms with E-state index in [2.05, 4.69) is 5.32 Å². The fraction of sp³-hybridized carbons (Fsp3) is 0.412. The van der Waals surface area contributed by atoms with Crippen molar-refractivity contribution < 1.29 is 23.1 Å². The molecule has 0 radical (unpaired) electrons. The molecular formula is C17H23NO5S. The quantitative estimate of drug-likeness (QED) is 0.696. The minimum absolute atomic E-state index is 0.0123. The lowest BCUT2D eigenvalue weighted by Gasteiger charge is -2.13. The molecule has 0 heterocycles. The minimum atomic E-state index is -3.35. The van der Waals surface area contributed by atoms with Crippen molar-refractivity contribution in [2.45, 2.75) is 49.8 Å². The van der Waals surface area contributed by atoms with Crippen molar-refractivity contribution >= 4 is 21.7 Å². The van der Waals surface area contributed by atoms with Crippen LogP contribution in [0.3, 0.4) is 0 Å². The number of aliphatic carboxylic acids is 1. The lowest BCUT2D eigenvalue weighted by atomic mass is 10.1. The molecule has 1 aromatic rings. The van der Waals surface area contributed by atoms with E-state index >= 15 is 0 Å². The normalized spacial score (nSPS) is 13.2. The smallest absolute Gasteiger partial charge is 0.326 e. The zero-order chi connectivity index (χ0) is 18.3. The zero-order valence-corrected chi connectivity index (χ0v) is 14.8. The van der Waals surface area contributed by atoms with E-state index in [0.717, 1.165) is 0 Å². The number of hydrogen-bond acceptors (Lipinski definition) is 4. The highest BCUT2D eigenvalue weighted by Crippen LogP contribution is 2.16. The van der Waals surface area contributed by atoms with Gasteiger partial charge in [-0.15, -0.1) is 0 Å². The predicted octanol–water partition coefficient (Wildman–Crippen LogP) is 1.95. The molecule has 1 unspecified atom stereocenters. The van der Waals surface area contributed by atoms with Gasteiger partial charge < -0.3 is 10.4 Å². The van der Waals surface area contributed by atoms with Gasteiger partial charge in [0.1, 0.15) is 6.04 Å². The summed E-state index contributed by atoms with van der Waals surface area (Å²) in [5, 5.41) is 11.0. The number of allylic oxidation sites excluding steroid dienone is 1. The molecule has 0 aliphatic heterocycles. The molecule has 24 heavy (non-hydrogen) atoms. The Morgan fingerprint density at radius 1 is 1.21 bits per heavy atom. The fourth-order valence-electron chi connectivity index (χ4n) is 1.99. The molecule has 6 nitrogen and oxygen atoms in total. The summed E-state index contributed by atoms with van der Waals surface area (Å²) >= 11 is 0. The number of benzene rings is 1. The number of amides is 1. The van der Waals surface area contributed by atoms with Crippen LogP contribution >= 0.6 is 0 Å². The molecule has 0 saturated carbocycles. The first kappa shape index (κ1) is 19.9. The van der Waals surface area contributed by atoms with Crippen LogP contribution in [0.2, 0.25) is 0 Å². The van der Waals surface area contributed by atoms with Crippen LogP contribution in [0.1, 0.15) is 32.8 Å². The van der Waals surface area contributed by atoms with Crippen molar-refractivity contribution in [3.05, 3.63) is 42.0 Å². The van der Waals surface area contributed by atoms with E-state index in [9.17, 15) is 18.0 Å². The maximum absolute atomic E-state index is 12.0. The Kier molecular flexibility index (Phi) is 7.16. The van der Waals surface area contributed by atoms with Gasteiger partial charge in [-0.1, -0.05) is 24.3 Å². The predicted molar refractivity (Wildman–Crippen MR) is 91.5 cm³/mol. The summed E-state index contributed by atoms with van der Waals surface area (Å²) < 4.78 is 24.1. The second kappa shape index (κ2) is 8.63. The van der Waals surface area contributed by atoms with Crippen molar-refractivity contribution in [1.82, 2.24) is 5.32 Å². The first-order valence-corrected chi connectivity index (χ1v) is 9.19. The maximum Gasteiger partial charge on any atom is 0.326 e. The molecule has 0 aliphatic rings. The Labute approximate surface area is 142 Å². The molecule has 1 aromatic carbocycles. The Balaban J connectivity index is 2.76. The average Bonchev–Trinajstić information content (AvgIpc) is 2.51. The van der Waals surface area contributed by atoms with Crippen LogP contribution in [0.4, 0.5) is 0 Å². The van der Waals surface area contributed by atoms with Gasteiger partial charge in [-0.25, -0.2) is 13.2 Å². The number of rotatable bonds is 8. The summed E-state index contributed by atoms with van der Waals surface area (Å²) in [5.74, 6) is -1.52. The molecular weight excluding hydrogens is 330 g/mol. The third-order valence-electron chi connectivity index (χ3n) is 3.48. The molecule has 1 atom stereocenters. The summed E-state index contributed by atoms with van der Waals surface area (Å²) in [6.45, 7) is 4.98. The SMILES string of the molecule is C/C=C/CC(NC(=O)Cc1ccc(S(=O)(=O)C(C)C)cc1)C(=O)O. The maximum atomic E-state index is 12.0. The van der Waals surface area contributed by atoms with Gasteiger partial charge in [-0.3, -0.25) is 4.79 Å². The number of sulfone groups is 1. The monoisotopic (exact) mass is 353 g/mol. The van der Waals surface area contributed by atoms with Crippen LogP contribution in [0.5, 0.6) is 0 Å². The third kappa shape index (κ3) is 5.49. The number of carbonyl (C=O) groups excluding carboxylic acids is 1. The highest BCUT2D eigenvalue weighted by molar-refractivity contribution is 7.92. The van der Waals surface area contributed by atoms with E-state index in [0.29, 0.717) is 5.56 Å². The molecule has 0 saturated heterocycles. The highest BCUT2D eigenvalue weighted by atomic mass is 32.2. The summed E-state index contributed by atoms with van der Waals surface area (Å²) in [7, 11) is -3.35. The second-order valence-corrected chi connectivity index (χ2v) is 8.18. The van der Waals surface area contributed by atoms with E-state index in [-0.39, 0.29) is 17.7 Å². The van der Waals surface area contributed by atoms with Gasteiger partial charge in [0.05, 0.1) is 16.6 Å². The van der Waals surface area contributed by atoms with Crippen LogP contribution in [-0.4, -0.2) is 36.7 Å². The second-order valence-electron chi connectivity index (χ2n) is 5.68. The Bertz CT molecular complexity index is 705. The molecule has 2 N–H and O–H groups in total. The van der Waals surface area contributed by atoms with E-state index < -0.39 is 33.0 Å². The molecule has 1 amide bonds. The number of hydrogen-bond donors (Lipinski definition) is 2. The topological polar surface area (TPSA) is 101 Å². The number of nitrogens with one attached hydrogen (secondary N) is 1.